The predicted octanol–water partition coefficient (Wildman–Crippen LogP) is 0.819. The summed E-state index contributed by atoms with van der Waals surface area (Å²) in [5, 5.41) is 3.34. The van der Waals surface area contributed by atoms with Crippen LogP contribution >= 0.6 is 0 Å². The molecule has 2 aliphatic rings. The highest BCUT2D eigenvalue weighted by atomic mass is 32.2. The molecule has 1 saturated heterocycles. The van der Waals surface area contributed by atoms with Crippen LogP contribution in [0.5, 0.6) is 0 Å². The van der Waals surface area contributed by atoms with Gasteiger partial charge in [-0.15, -0.1) is 4.40 Å². The Hall–Kier alpha value is -1.40. The average molecular weight is 279 g/mol. The molecule has 0 radical (unpaired) electrons. The van der Waals surface area contributed by atoms with Crippen molar-refractivity contribution in [2.24, 2.45) is 4.40 Å². The van der Waals surface area contributed by atoms with Crippen LogP contribution in [-0.4, -0.2) is 44.8 Å². The first-order chi connectivity index (χ1) is 9.13. The molecule has 102 valence electrons. The number of nitrogens with zero attached hydrogens (tertiary/aromatic N) is 2. The molecule has 6 heteroatoms. The third kappa shape index (κ3) is 2.04. The molecule has 1 aromatic carbocycles. The number of benzene rings is 1. The van der Waals surface area contributed by atoms with Crippen LogP contribution in [0.2, 0.25) is 0 Å². The normalized spacial score (nSPS) is 25.0. The molecule has 0 spiro atoms. The fourth-order valence-electron chi connectivity index (χ4n) is 2.70. The fourth-order valence-corrected chi connectivity index (χ4v) is 3.92. The number of piperazine rings is 1. The van der Waals surface area contributed by atoms with Crippen LogP contribution in [0, 0.1) is 0 Å². The molecule has 1 fully saturated rings. The lowest BCUT2D eigenvalue weighted by Gasteiger charge is -2.37. The Morgan fingerprint density at radius 2 is 2.21 bits per heavy atom. The summed E-state index contributed by atoms with van der Waals surface area (Å²) >= 11 is 0. The molecule has 3 rings (SSSR count). The van der Waals surface area contributed by atoms with Crippen molar-refractivity contribution in [1.29, 1.82) is 0 Å². The lowest BCUT2D eigenvalue weighted by Crippen LogP contribution is -2.53. The summed E-state index contributed by atoms with van der Waals surface area (Å²) in [7, 11) is -3.51. The number of rotatable bonds is 1. The van der Waals surface area contributed by atoms with E-state index in [0.717, 1.165) is 31.6 Å². The minimum atomic E-state index is -3.51. The monoisotopic (exact) mass is 279 g/mol. The third-order valence-electron chi connectivity index (χ3n) is 3.71. The second-order valence-electron chi connectivity index (χ2n) is 4.85. The largest absolute Gasteiger partial charge is 0.350 e. The van der Waals surface area contributed by atoms with Crippen molar-refractivity contribution < 1.29 is 8.42 Å². The van der Waals surface area contributed by atoms with E-state index in [-0.39, 0.29) is 0 Å². The zero-order chi connectivity index (χ0) is 13.5. The standard InChI is InChI=1S/C13H17N3O2S/c1-2-10-9-14-7-8-16(10)13-11-5-3-4-6-12(11)19(17,18)15-13/h3-6,10,14H,2,7-9H2,1H3. The summed E-state index contributed by atoms with van der Waals surface area (Å²) in [4.78, 5) is 2.46. The molecule has 0 aliphatic carbocycles. The van der Waals surface area contributed by atoms with Gasteiger partial charge in [0.15, 0.2) is 5.84 Å². The summed E-state index contributed by atoms with van der Waals surface area (Å²) in [5.74, 6) is 0.615. The molecule has 0 saturated carbocycles. The van der Waals surface area contributed by atoms with Gasteiger partial charge in [-0.05, 0) is 18.6 Å². The van der Waals surface area contributed by atoms with Crippen molar-refractivity contribution in [3.05, 3.63) is 29.8 Å². The summed E-state index contributed by atoms with van der Waals surface area (Å²) in [5.41, 5.74) is 0.739. The highest BCUT2D eigenvalue weighted by molar-refractivity contribution is 7.90. The minimum absolute atomic E-state index is 0.300. The van der Waals surface area contributed by atoms with E-state index in [1.54, 1.807) is 12.1 Å². The minimum Gasteiger partial charge on any atom is -0.350 e. The van der Waals surface area contributed by atoms with Gasteiger partial charge in [0.25, 0.3) is 10.0 Å². The Kier molecular flexibility index (Phi) is 3.06. The predicted molar refractivity (Wildman–Crippen MR) is 73.8 cm³/mol. The summed E-state index contributed by atoms with van der Waals surface area (Å²) in [6, 6.07) is 7.37. The second-order valence-corrected chi connectivity index (χ2v) is 6.42. The molecule has 1 atom stereocenters. The van der Waals surface area contributed by atoms with Crippen LogP contribution < -0.4 is 5.32 Å². The number of hydrogen-bond donors (Lipinski definition) is 1. The molecule has 1 aromatic rings. The maximum Gasteiger partial charge on any atom is 0.285 e. The van der Waals surface area contributed by atoms with Gasteiger partial charge >= 0.3 is 0 Å². The molecular formula is C13H17N3O2S. The van der Waals surface area contributed by atoms with Crippen LogP contribution in [0.15, 0.2) is 33.6 Å². The van der Waals surface area contributed by atoms with Crippen molar-refractivity contribution in [3.8, 4) is 0 Å². The molecule has 19 heavy (non-hydrogen) atoms. The highest BCUT2D eigenvalue weighted by Crippen LogP contribution is 2.28. The van der Waals surface area contributed by atoms with Gasteiger partial charge in [0.1, 0.15) is 4.90 Å². The number of amidine groups is 1. The van der Waals surface area contributed by atoms with Gasteiger partial charge < -0.3 is 10.2 Å². The number of hydrogen-bond acceptors (Lipinski definition) is 4. The van der Waals surface area contributed by atoms with Crippen molar-refractivity contribution in [2.45, 2.75) is 24.3 Å². The number of sulfonamides is 1. The van der Waals surface area contributed by atoms with E-state index >= 15 is 0 Å². The molecule has 0 amide bonds. The van der Waals surface area contributed by atoms with Gasteiger partial charge in [-0.25, -0.2) is 0 Å². The van der Waals surface area contributed by atoms with E-state index in [2.05, 4.69) is 21.5 Å². The van der Waals surface area contributed by atoms with E-state index in [1.807, 2.05) is 12.1 Å². The molecule has 2 aliphatic heterocycles. The first-order valence-corrected chi connectivity index (χ1v) is 7.99. The maximum absolute atomic E-state index is 12.1. The van der Waals surface area contributed by atoms with Gasteiger partial charge in [-0.3, -0.25) is 0 Å². The lowest BCUT2D eigenvalue weighted by molar-refractivity contribution is 0.252. The Morgan fingerprint density at radius 3 is 3.00 bits per heavy atom. The highest BCUT2D eigenvalue weighted by Gasteiger charge is 2.34. The zero-order valence-electron chi connectivity index (χ0n) is 10.8. The topological polar surface area (TPSA) is 61.8 Å². The van der Waals surface area contributed by atoms with Gasteiger partial charge in [-0.1, -0.05) is 19.1 Å². The fraction of sp³-hybridized carbons (Fsp3) is 0.462. The molecule has 0 aromatic heterocycles. The second kappa shape index (κ2) is 4.61. The summed E-state index contributed by atoms with van der Waals surface area (Å²) in [6.07, 6.45) is 0.967. The van der Waals surface area contributed by atoms with E-state index in [0.29, 0.717) is 16.8 Å². The molecule has 2 heterocycles. The van der Waals surface area contributed by atoms with Crippen LogP contribution in [0.4, 0.5) is 0 Å². The zero-order valence-corrected chi connectivity index (χ0v) is 11.7. The molecule has 1 N–H and O–H groups in total. The van der Waals surface area contributed by atoms with E-state index < -0.39 is 10.0 Å². The molecule has 0 bridgehead atoms. The number of nitrogens with one attached hydrogen (secondary N) is 1. The summed E-state index contributed by atoms with van der Waals surface area (Å²) in [6.45, 7) is 4.64. The van der Waals surface area contributed by atoms with Crippen LogP contribution in [-0.2, 0) is 10.0 Å². The quantitative estimate of drug-likeness (QED) is 0.827. The lowest BCUT2D eigenvalue weighted by atomic mass is 10.1. The smallest absolute Gasteiger partial charge is 0.285 e. The van der Waals surface area contributed by atoms with Crippen molar-refractivity contribution >= 4 is 15.9 Å². The first kappa shape index (κ1) is 12.6. The van der Waals surface area contributed by atoms with Crippen molar-refractivity contribution in [2.75, 3.05) is 19.6 Å². The Labute approximate surface area is 113 Å². The molecule has 1 unspecified atom stereocenters. The Morgan fingerprint density at radius 1 is 1.42 bits per heavy atom. The average Bonchev–Trinajstić information content (AvgIpc) is 2.71. The first-order valence-electron chi connectivity index (χ1n) is 6.55. The van der Waals surface area contributed by atoms with Gasteiger partial charge in [0, 0.05) is 31.2 Å². The molecule has 5 nitrogen and oxygen atoms in total. The summed E-state index contributed by atoms with van der Waals surface area (Å²) < 4.78 is 28.1. The molecular weight excluding hydrogens is 262 g/mol. The van der Waals surface area contributed by atoms with Gasteiger partial charge in [0.2, 0.25) is 0 Å². The van der Waals surface area contributed by atoms with Gasteiger partial charge in [0.05, 0.1) is 0 Å². The van der Waals surface area contributed by atoms with E-state index in [1.165, 1.54) is 0 Å². The Bertz CT molecular complexity index is 625. The SMILES string of the molecule is CCC1CNCCN1C1=NS(=O)(=O)c2ccccc21. The third-order valence-corrected chi connectivity index (χ3v) is 5.03. The van der Waals surface area contributed by atoms with Gasteiger partial charge in [-0.2, -0.15) is 8.42 Å². The van der Waals surface area contributed by atoms with Crippen LogP contribution in [0.25, 0.3) is 0 Å². The van der Waals surface area contributed by atoms with E-state index in [4.69, 9.17) is 0 Å². The van der Waals surface area contributed by atoms with E-state index in [9.17, 15) is 8.42 Å². The Balaban J connectivity index is 2.06. The van der Waals surface area contributed by atoms with Crippen LogP contribution in [0.3, 0.4) is 0 Å². The van der Waals surface area contributed by atoms with Crippen molar-refractivity contribution in [1.82, 2.24) is 10.2 Å². The van der Waals surface area contributed by atoms with Crippen molar-refractivity contribution in [3.63, 3.8) is 0 Å². The maximum atomic E-state index is 12.1. The number of fused-ring (bicyclic) bond motifs is 1. The van der Waals surface area contributed by atoms with Crippen LogP contribution in [0.1, 0.15) is 18.9 Å².